The number of nitrogens with zero attached hydrogens (tertiary/aromatic N) is 5. The minimum Gasteiger partial charge on any atom is -0.483 e. The number of hydrogen-bond donors (Lipinski definition) is 3. The second kappa shape index (κ2) is 16.3. The Morgan fingerprint density at radius 1 is 1.29 bits per heavy atom. The minimum absolute atomic E-state index is 0.151. The molecule has 2 atom stereocenters. The van der Waals surface area contributed by atoms with E-state index in [1.54, 1.807) is 30.3 Å². The molecule has 0 saturated carbocycles. The van der Waals surface area contributed by atoms with Gasteiger partial charge in [-0.1, -0.05) is 32.9 Å². The Bertz CT molecular complexity index is 1780. The van der Waals surface area contributed by atoms with Gasteiger partial charge in [-0.2, -0.15) is 5.26 Å². The number of anilines is 1. The highest BCUT2D eigenvalue weighted by Gasteiger charge is 2.32. The number of carbonyl (C=O) groups excluding carboxylic acids is 2. The van der Waals surface area contributed by atoms with Crippen LogP contribution in [0.2, 0.25) is 0 Å². The van der Waals surface area contributed by atoms with Crippen molar-refractivity contribution in [2.24, 2.45) is 5.41 Å². The summed E-state index contributed by atoms with van der Waals surface area (Å²) >= 11 is 1.30. The number of fused-ring (bicyclic) bond motifs is 1. The van der Waals surface area contributed by atoms with Crippen molar-refractivity contribution in [3.05, 3.63) is 65.0 Å². The standard InChI is InChI=1S/C33H39N7O4S.CH2O2/c1-21(19-43-5)36-16-22-8-9-26-25(13-22)37-32(38-30(41)29-11-10-28(45-29)27-17-35-20-44-27)40(26)18-24-7-6-12-39(24)31(42)23(15-34)14-33(2,3)4;2-1-3/h8-11,13-14,17,20-21,24,36H,6-7,12,16,18-19H2,1-5H3,(H,37,38,41);1H,(H,2,3)/t21-,24-;/m1./s1. The zero-order chi connectivity index (χ0) is 34.8. The molecule has 3 N–H and O–H groups in total. The summed E-state index contributed by atoms with van der Waals surface area (Å²) in [4.78, 5) is 47.3. The molecule has 0 aliphatic carbocycles. The first-order chi connectivity index (χ1) is 23.0. The summed E-state index contributed by atoms with van der Waals surface area (Å²) in [5.74, 6) is 0.432. The van der Waals surface area contributed by atoms with E-state index >= 15 is 0 Å². The van der Waals surface area contributed by atoms with E-state index in [9.17, 15) is 14.9 Å². The molecule has 4 aromatic rings. The molecule has 4 heterocycles. The molecule has 2 amide bonds. The molecule has 254 valence electrons. The van der Waals surface area contributed by atoms with Gasteiger partial charge in [-0.25, -0.2) is 9.97 Å². The summed E-state index contributed by atoms with van der Waals surface area (Å²) in [6.07, 6.45) is 6.30. The number of imidazole rings is 1. The van der Waals surface area contributed by atoms with Crippen LogP contribution in [0.15, 0.2) is 59.0 Å². The first-order valence-corrected chi connectivity index (χ1v) is 16.3. The average molecular weight is 676 g/mol. The van der Waals surface area contributed by atoms with E-state index in [0.717, 1.165) is 34.3 Å². The number of rotatable bonds is 11. The quantitative estimate of drug-likeness (QED) is 0.107. The number of ether oxygens (including phenoxy) is 1. The fourth-order valence-corrected chi connectivity index (χ4v) is 6.35. The van der Waals surface area contributed by atoms with Crippen LogP contribution in [0, 0.1) is 16.7 Å². The van der Waals surface area contributed by atoms with Crippen LogP contribution in [0.5, 0.6) is 0 Å². The maximum Gasteiger partial charge on any atom is 0.290 e. The first-order valence-electron chi connectivity index (χ1n) is 15.5. The zero-order valence-corrected chi connectivity index (χ0v) is 28.5. The lowest BCUT2D eigenvalue weighted by Crippen LogP contribution is -2.39. The Morgan fingerprint density at radius 3 is 2.73 bits per heavy atom. The van der Waals surface area contributed by atoms with Gasteiger partial charge in [0.05, 0.1) is 39.6 Å². The van der Waals surface area contributed by atoms with E-state index in [-0.39, 0.29) is 41.4 Å². The van der Waals surface area contributed by atoms with Crippen LogP contribution in [0.4, 0.5) is 5.95 Å². The molecule has 48 heavy (non-hydrogen) atoms. The highest BCUT2D eigenvalue weighted by Crippen LogP contribution is 2.30. The van der Waals surface area contributed by atoms with Gasteiger partial charge < -0.3 is 29.0 Å². The number of allylic oxidation sites excluding steroid dienone is 1. The number of aromatic nitrogens is 3. The van der Waals surface area contributed by atoms with Gasteiger partial charge in [-0.3, -0.25) is 19.7 Å². The number of oxazole rings is 1. The lowest BCUT2D eigenvalue weighted by molar-refractivity contribution is -0.127. The fraction of sp³-hybridized carbons (Fsp3) is 0.412. The molecule has 1 saturated heterocycles. The summed E-state index contributed by atoms with van der Waals surface area (Å²) in [6.45, 7) is 9.94. The second-order valence-corrected chi connectivity index (χ2v) is 13.6. The van der Waals surface area contributed by atoms with E-state index in [1.165, 1.54) is 17.7 Å². The molecular weight excluding hydrogens is 634 g/mol. The number of benzene rings is 1. The monoisotopic (exact) mass is 675 g/mol. The molecule has 0 radical (unpaired) electrons. The van der Waals surface area contributed by atoms with E-state index in [0.29, 0.717) is 42.8 Å². The van der Waals surface area contributed by atoms with Crippen molar-refractivity contribution in [1.29, 1.82) is 5.26 Å². The number of hydrogen-bond acceptors (Lipinski definition) is 10. The number of amides is 2. The maximum atomic E-state index is 13.5. The molecule has 14 heteroatoms. The van der Waals surface area contributed by atoms with E-state index in [1.807, 2.05) is 49.6 Å². The molecule has 1 aromatic carbocycles. The molecule has 0 spiro atoms. The second-order valence-electron chi connectivity index (χ2n) is 12.5. The Balaban J connectivity index is 0.00000167. The Morgan fingerprint density at radius 2 is 2.06 bits per heavy atom. The third kappa shape index (κ3) is 9.15. The van der Waals surface area contributed by atoms with Gasteiger partial charge in [0.15, 0.2) is 12.2 Å². The van der Waals surface area contributed by atoms with Crippen LogP contribution in [-0.2, 0) is 27.4 Å². The van der Waals surface area contributed by atoms with Crippen LogP contribution >= 0.6 is 11.3 Å². The minimum atomic E-state index is -0.309. The van der Waals surface area contributed by atoms with Crippen LogP contribution in [0.1, 0.15) is 55.8 Å². The number of nitriles is 1. The Labute approximate surface area is 283 Å². The van der Waals surface area contributed by atoms with Crippen molar-refractivity contribution < 1.29 is 28.6 Å². The molecule has 1 fully saturated rings. The molecule has 3 aromatic heterocycles. The Hall–Kier alpha value is -4.84. The third-order valence-electron chi connectivity index (χ3n) is 7.57. The molecule has 13 nitrogen and oxygen atoms in total. The predicted octanol–water partition coefficient (Wildman–Crippen LogP) is 5.32. The maximum absolute atomic E-state index is 13.5. The largest absolute Gasteiger partial charge is 0.483 e. The van der Waals surface area contributed by atoms with Gasteiger partial charge in [0.1, 0.15) is 11.6 Å². The number of nitrogens with one attached hydrogen (secondary N) is 2. The fourth-order valence-electron chi connectivity index (χ4n) is 5.49. The normalized spacial score (nSPS) is 15.5. The summed E-state index contributed by atoms with van der Waals surface area (Å²) < 4.78 is 12.6. The number of likely N-dealkylation sites (tertiary alicyclic amines) is 1. The SMILES string of the molecule is COC[C@@H](C)NCc1ccc2c(c1)nc(NC(=O)c1ccc(-c3cnco3)s1)n2C[C@H]1CCCN1C(=O)C(C#N)=CC(C)(C)C.O=CO. The van der Waals surface area contributed by atoms with Gasteiger partial charge in [-0.05, 0) is 55.0 Å². The molecule has 1 aliphatic heterocycles. The van der Waals surface area contributed by atoms with Crippen molar-refractivity contribution in [2.75, 3.05) is 25.6 Å². The van der Waals surface area contributed by atoms with E-state index < -0.39 is 0 Å². The number of carbonyl (C=O) groups is 3. The van der Waals surface area contributed by atoms with Crippen molar-refractivity contribution in [2.45, 2.75) is 65.7 Å². The zero-order valence-electron chi connectivity index (χ0n) is 27.7. The van der Waals surface area contributed by atoms with Crippen LogP contribution in [-0.4, -0.2) is 75.2 Å². The summed E-state index contributed by atoms with van der Waals surface area (Å²) in [6, 6.07) is 11.8. The number of methoxy groups -OCH3 is 1. The van der Waals surface area contributed by atoms with Crippen molar-refractivity contribution in [3.63, 3.8) is 0 Å². The summed E-state index contributed by atoms with van der Waals surface area (Å²) in [5.41, 5.74) is 2.47. The van der Waals surface area contributed by atoms with Crippen LogP contribution < -0.4 is 10.6 Å². The van der Waals surface area contributed by atoms with Gasteiger partial charge in [0, 0.05) is 32.8 Å². The van der Waals surface area contributed by atoms with E-state index in [2.05, 4.69) is 28.6 Å². The Kier molecular flexibility index (Phi) is 12.2. The van der Waals surface area contributed by atoms with Gasteiger partial charge in [-0.15, -0.1) is 11.3 Å². The molecule has 0 unspecified atom stereocenters. The number of carboxylic acid groups (broad SMARTS) is 1. The molecular formula is C34H41N7O6S. The van der Waals surface area contributed by atoms with E-state index in [4.69, 9.17) is 24.0 Å². The topological polar surface area (TPSA) is 176 Å². The summed E-state index contributed by atoms with van der Waals surface area (Å²) in [7, 11) is 1.68. The van der Waals surface area contributed by atoms with Crippen LogP contribution in [0.3, 0.4) is 0 Å². The lowest BCUT2D eigenvalue weighted by Gasteiger charge is -2.26. The summed E-state index contributed by atoms with van der Waals surface area (Å²) in [5, 5.41) is 23.2. The van der Waals surface area contributed by atoms with Gasteiger partial charge in [0.25, 0.3) is 18.3 Å². The molecule has 1 aliphatic rings. The molecule has 5 rings (SSSR count). The van der Waals surface area contributed by atoms with Gasteiger partial charge >= 0.3 is 0 Å². The molecule has 0 bridgehead atoms. The predicted molar refractivity (Wildman–Crippen MR) is 182 cm³/mol. The smallest absolute Gasteiger partial charge is 0.290 e. The van der Waals surface area contributed by atoms with Gasteiger partial charge in [0.2, 0.25) is 5.95 Å². The van der Waals surface area contributed by atoms with Crippen LogP contribution in [0.25, 0.3) is 21.7 Å². The lowest BCUT2D eigenvalue weighted by atomic mass is 9.93. The highest BCUT2D eigenvalue weighted by atomic mass is 32.1. The first kappa shape index (κ1) is 36.0. The highest BCUT2D eigenvalue weighted by molar-refractivity contribution is 7.17. The average Bonchev–Trinajstić information content (AvgIpc) is 3.86. The van der Waals surface area contributed by atoms with Crippen molar-refractivity contribution in [1.82, 2.24) is 24.8 Å². The number of thiophene rings is 1. The van der Waals surface area contributed by atoms with Crippen molar-refractivity contribution >= 4 is 46.6 Å². The third-order valence-corrected chi connectivity index (χ3v) is 8.67. The van der Waals surface area contributed by atoms with Crippen molar-refractivity contribution in [3.8, 4) is 16.7 Å².